The molecule has 0 aromatic heterocycles. The van der Waals surface area contributed by atoms with Gasteiger partial charge in [0.2, 0.25) is 5.85 Å². The fourth-order valence-electron chi connectivity index (χ4n) is 1.53. The molecule has 2 atom stereocenters. The Kier molecular flexibility index (Phi) is 2.45. The Morgan fingerprint density at radius 2 is 2.00 bits per heavy atom. The summed E-state index contributed by atoms with van der Waals surface area (Å²) in [5.41, 5.74) is -0.713. The van der Waals surface area contributed by atoms with Gasteiger partial charge in [-0.25, -0.2) is 4.39 Å². The third-order valence-corrected chi connectivity index (χ3v) is 2.57. The zero-order valence-electron chi connectivity index (χ0n) is 8.02. The summed E-state index contributed by atoms with van der Waals surface area (Å²) in [7, 11) is 0. The van der Waals surface area contributed by atoms with Crippen molar-refractivity contribution < 1.29 is 9.50 Å². The second-order valence-corrected chi connectivity index (χ2v) is 4.57. The van der Waals surface area contributed by atoms with Gasteiger partial charge in [0.05, 0.1) is 6.04 Å². The average molecular weight is 175 g/mol. The van der Waals surface area contributed by atoms with E-state index in [4.69, 9.17) is 0 Å². The van der Waals surface area contributed by atoms with Crippen molar-refractivity contribution in [1.82, 2.24) is 5.32 Å². The molecule has 1 rings (SSSR count). The van der Waals surface area contributed by atoms with Crippen LogP contribution in [-0.2, 0) is 0 Å². The average Bonchev–Trinajstić information content (AvgIpc) is 2.34. The molecule has 0 radical (unpaired) electrons. The van der Waals surface area contributed by atoms with Crippen LogP contribution in [0.3, 0.4) is 0 Å². The minimum atomic E-state index is -2.09. The first kappa shape index (κ1) is 9.93. The third kappa shape index (κ3) is 1.62. The van der Waals surface area contributed by atoms with Crippen molar-refractivity contribution in [2.45, 2.75) is 45.5 Å². The highest BCUT2D eigenvalue weighted by atomic mass is 19.2. The van der Waals surface area contributed by atoms with E-state index in [9.17, 15) is 9.50 Å². The highest BCUT2D eigenvalue weighted by molar-refractivity contribution is 4.94. The molecule has 1 aliphatic rings. The number of hydrogen-bond acceptors (Lipinski definition) is 2. The van der Waals surface area contributed by atoms with Crippen LogP contribution < -0.4 is 5.32 Å². The maximum Gasteiger partial charge on any atom is 0.227 e. The zero-order valence-corrected chi connectivity index (χ0v) is 8.02. The molecule has 3 heteroatoms. The Balaban J connectivity index is 2.69. The number of aliphatic hydroxyl groups is 1. The molecule has 2 nitrogen and oxygen atoms in total. The Hall–Kier alpha value is -0.150. The molecule has 0 spiro atoms. The van der Waals surface area contributed by atoms with Crippen molar-refractivity contribution >= 4 is 0 Å². The van der Waals surface area contributed by atoms with Gasteiger partial charge in [-0.05, 0) is 19.4 Å². The van der Waals surface area contributed by atoms with Crippen LogP contribution in [0.4, 0.5) is 4.39 Å². The molecule has 1 aliphatic heterocycles. The first-order chi connectivity index (χ1) is 5.36. The van der Waals surface area contributed by atoms with Gasteiger partial charge in [-0.2, -0.15) is 0 Å². The number of alkyl halides is 1. The minimum Gasteiger partial charge on any atom is -0.360 e. The van der Waals surface area contributed by atoms with Crippen LogP contribution >= 0.6 is 0 Å². The normalized spacial score (nSPS) is 30.2. The van der Waals surface area contributed by atoms with E-state index in [1.165, 1.54) is 0 Å². The summed E-state index contributed by atoms with van der Waals surface area (Å²) in [6, 6.07) is -0.391. The van der Waals surface area contributed by atoms with Gasteiger partial charge in [0.25, 0.3) is 0 Å². The minimum absolute atomic E-state index is 0.391. The summed E-state index contributed by atoms with van der Waals surface area (Å²) < 4.78 is 13.8. The van der Waals surface area contributed by atoms with Crippen LogP contribution in [0.15, 0.2) is 0 Å². The molecule has 0 unspecified atom stereocenters. The quantitative estimate of drug-likeness (QED) is 0.632. The van der Waals surface area contributed by atoms with Crippen molar-refractivity contribution in [3.8, 4) is 0 Å². The van der Waals surface area contributed by atoms with Crippen LogP contribution in [0.1, 0.15) is 33.6 Å². The van der Waals surface area contributed by atoms with Gasteiger partial charge in [-0.3, -0.25) is 0 Å². The van der Waals surface area contributed by atoms with Gasteiger partial charge in [-0.1, -0.05) is 20.8 Å². The van der Waals surface area contributed by atoms with Crippen molar-refractivity contribution in [3.05, 3.63) is 0 Å². The molecule has 12 heavy (non-hydrogen) atoms. The van der Waals surface area contributed by atoms with Gasteiger partial charge in [-0.15, -0.1) is 0 Å². The summed E-state index contributed by atoms with van der Waals surface area (Å²) >= 11 is 0. The SMILES string of the molecule is CC(C)(C)[C@](O)(F)[C@@H]1CCCN1. The van der Waals surface area contributed by atoms with Crippen LogP contribution in [0.5, 0.6) is 0 Å². The topological polar surface area (TPSA) is 32.3 Å². The molecule has 72 valence electrons. The predicted molar refractivity (Wildman–Crippen MR) is 46.5 cm³/mol. The zero-order chi connectivity index (χ0) is 9.41. The van der Waals surface area contributed by atoms with E-state index in [2.05, 4.69) is 5.32 Å². The van der Waals surface area contributed by atoms with E-state index in [1.54, 1.807) is 20.8 Å². The fraction of sp³-hybridized carbons (Fsp3) is 1.00. The van der Waals surface area contributed by atoms with E-state index >= 15 is 0 Å². The van der Waals surface area contributed by atoms with E-state index in [0.29, 0.717) is 0 Å². The van der Waals surface area contributed by atoms with Gasteiger partial charge >= 0.3 is 0 Å². The maximum atomic E-state index is 13.8. The molecule has 0 aromatic carbocycles. The number of nitrogens with one attached hydrogen (secondary N) is 1. The summed E-state index contributed by atoms with van der Waals surface area (Å²) in [5.74, 6) is -2.09. The molecule has 0 bridgehead atoms. The molecular formula is C9H18FNO. The summed E-state index contributed by atoms with van der Waals surface area (Å²) in [4.78, 5) is 0. The second-order valence-electron chi connectivity index (χ2n) is 4.57. The number of rotatable bonds is 1. The molecule has 2 N–H and O–H groups in total. The number of hydrogen-bond donors (Lipinski definition) is 2. The van der Waals surface area contributed by atoms with Gasteiger partial charge in [0, 0.05) is 5.41 Å². The lowest BCUT2D eigenvalue weighted by atomic mass is 9.82. The van der Waals surface area contributed by atoms with Crippen LogP contribution in [0.25, 0.3) is 0 Å². The highest BCUT2D eigenvalue weighted by Crippen LogP contribution is 2.37. The Morgan fingerprint density at radius 3 is 2.33 bits per heavy atom. The second kappa shape index (κ2) is 2.96. The summed E-state index contributed by atoms with van der Waals surface area (Å²) in [6.45, 7) is 5.96. The maximum absolute atomic E-state index is 13.8. The van der Waals surface area contributed by atoms with Crippen molar-refractivity contribution in [3.63, 3.8) is 0 Å². The standard InChI is InChI=1S/C9H18FNO/c1-8(2,3)9(10,12)7-5-4-6-11-7/h7,11-12H,4-6H2,1-3H3/t7-,9-/m0/s1. The van der Waals surface area contributed by atoms with Crippen molar-refractivity contribution in [2.75, 3.05) is 6.54 Å². The van der Waals surface area contributed by atoms with Crippen LogP contribution in [-0.4, -0.2) is 23.5 Å². The van der Waals surface area contributed by atoms with E-state index in [-0.39, 0.29) is 0 Å². The lowest BCUT2D eigenvalue weighted by molar-refractivity contribution is -0.186. The molecular weight excluding hydrogens is 157 g/mol. The van der Waals surface area contributed by atoms with E-state index in [1.807, 2.05) is 0 Å². The van der Waals surface area contributed by atoms with Gasteiger partial charge in [0.15, 0.2) is 0 Å². The van der Waals surface area contributed by atoms with E-state index in [0.717, 1.165) is 19.4 Å². The first-order valence-corrected chi connectivity index (χ1v) is 4.50. The molecule has 0 saturated carbocycles. The molecule has 0 amide bonds. The van der Waals surface area contributed by atoms with E-state index < -0.39 is 17.3 Å². The lowest BCUT2D eigenvalue weighted by Crippen LogP contribution is -2.52. The Bertz CT molecular complexity index is 156. The van der Waals surface area contributed by atoms with Crippen molar-refractivity contribution in [1.29, 1.82) is 0 Å². The van der Waals surface area contributed by atoms with Gasteiger partial charge < -0.3 is 10.4 Å². The molecule has 1 heterocycles. The predicted octanol–water partition coefficient (Wildman–Crippen LogP) is 1.44. The highest BCUT2D eigenvalue weighted by Gasteiger charge is 2.48. The monoisotopic (exact) mass is 175 g/mol. The van der Waals surface area contributed by atoms with Gasteiger partial charge in [0.1, 0.15) is 0 Å². The van der Waals surface area contributed by atoms with Crippen LogP contribution in [0, 0.1) is 5.41 Å². The molecule has 0 aliphatic carbocycles. The third-order valence-electron chi connectivity index (χ3n) is 2.57. The molecule has 1 saturated heterocycles. The first-order valence-electron chi connectivity index (χ1n) is 4.50. The van der Waals surface area contributed by atoms with Crippen LogP contribution in [0.2, 0.25) is 0 Å². The fourth-order valence-corrected chi connectivity index (χ4v) is 1.53. The lowest BCUT2D eigenvalue weighted by Gasteiger charge is -2.37. The smallest absolute Gasteiger partial charge is 0.227 e. The summed E-state index contributed by atoms with van der Waals surface area (Å²) in [5, 5.41) is 12.6. The largest absolute Gasteiger partial charge is 0.360 e. The Labute approximate surface area is 73.2 Å². The number of halogens is 1. The molecule has 0 aromatic rings. The summed E-state index contributed by atoms with van der Waals surface area (Å²) in [6.07, 6.45) is 1.68. The Morgan fingerprint density at radius 1 is 1.42 bits per heavy atom. The van der Waals surface area contributed by atoms with Crippen molar-refractivity contribution in [2.24, 2.45) is 5.41 Å². The molecule has 1 fully saturated rings.